The average Bonchev–Trinajstić information content (AvgIpc) is 2.63. The predicted molar refractivity (Wildman–Crippen MR) is 91.6 cm³/mol. The molecule has 0 aliphatic carbocycles. The minimum absolute atomic E-state index is 0.157. The highest BCUT2D eigenvalue weighted by Crippen LogP contribution is 2.13. The molecule has 5 nitrogen and oxygen atoms in total. The number of hydrogen-bond acceptors (Lipinski definition) is 4. The molecule has 0 spiro atoms. The molecule has 6 heteroatoms. The fraction of sp³-hybridized carbons (Fsp3) is 0.105. The summed E-state index contributed by atoms with van der Waals surface area (Å²) in [6.07, 6.45) is 3.66. The van der Waals surface area contributed by atoms with E-state index < -0.39 is 5.91 Å². The first-order chi connectivity index (χ1) is 12.1. The molecule has 0 radical (unpaired) electrons. The van der Waals surface area contributed by atoms with Gasteiger partial charge in [0.2, 0.25) is 0 Å². The molecule has 0 saturated carbocycles. The number of nitrogens with zero attached hydrogens (tertiary/aromatic N) is 2. The first-order valence-electron chi connectivity index (χ1n) is 7.70. The quantitative estimate of drug-likeness (QED) is 0.751. The number of aliphatic hydroxyl groups is 1. The van der Waals surface area contributed by atoms with Crippen molar-refractivity contribution in [3.05, 3.63) is 89.1 Å². The Labute approximate surface area is 144 Å². The van der Waals surface area contributed by atoms with Crippen LogP contribution in [-0.2, 0) is 13.0 Å². The van der Waals surface area contributed by atoms with Gasteiger partial charge in [-0.1, -0.05) is 18.2 Å². The van der Waals surface area contributed by atoms with Gasteiger partial charge >= 0.3 is 0 Å². The molecule has 3 rings (SSSR count). The maximum Gasteiger partial charge on any atom is 0.275 e. The molecular weight excluding hydrogens is 321 g/mol. The second-order valence-electron chi connectivity index (χ2n) is 5.52. The summed E-state index contributed by atoms with van der Waals surface area (Å²) in [6, 6.07) is 13.1. The van der Waals surface area contributed by atoms with Gasteiger partial charge in [0, 0.05) is 12.4 Å². The number of carbonyl (C=O) groups is 1. The molecule has 1 amide bonds. The Morgan fingerprint density at radius 3 is 2.64 bits per heavy atom. The van der Waals surface area contributed by atoms with Crippen LogP contribution in [-0.4, -0.2) is 21.0 Å². The van der Waals surface area contributed by atoms with Crippen molar-refractivity contribution in [2.75, 3.05) is 5.32 Å². The first kappa shape index (κ1) is 16.7. The van der Waals surface area contributed by atoms with Crippen LogP contribution in [0.15, 0.2) is 60.9 Å². The minimum Gasteiger partial charge on any atom is -0.392 e. The zero-order valence-corrected chi connectivity index (χ0v) is 13.3. The lowest BCUT2D eigenvalue weighted by Crippen LogP contribution is -2.15. The van der Waals surface area contributed by atoms with E-state index in [1.165, 1.54) is 24.4 Å². The Bertz CT molecular complexity index is 882. The number of nitrogens with one attached hydrogen (secondary N) is 1. The summed E-state index contributed by atoms with van der Waals surface area (Å²) < 4.78 is 13.2. The standard InChI is InChI=1S/C19H16FN3O2/c20-16-3-1-2-13(9-16)8-14-4-5-18(22-11-14)23-19(25)17-10-15(12-24)6-7-21-17/h1-7,9-11,24H,8,12H2,(H,22,23,25). The monoisotopic (exact) mass is 337 g/mol. The number of carbonyl (C=O) groups excluding carboxylic acids is 1. The molecule has 3 aromatic rings. The van der Waals surface area contributed by atoms with Crippen LogP contribution in [0.5, 0.6) is 0 Å². The second-order valence-corrected chi connectivity index (χ2v) is 5.52. The maximum absolute atomic E-state index is 13.2. The van der Waals surface area contributed by atoms with E-state index in [2.05, 4.69) is 15.3 Å². The number of benzene rings is 1. The number of rotatable bonds is 5. The van der Waals surface area contributed by atoms with Gasteiger partial charge in [-0.05, 0) is 53.4 Å². The lowest BCUT2D eigenvalue weighted by molar-refractivity contribution is 0.102. The summed E-state index contributed by atoms with van der Waals surface area (Å²) in [5.41, 5.74) is 2.57. The minimum atomic E-state index is -0.402. The lowest BCUT2D eigenvalue weighted by Gasteiger charge is -2.06. The summed E-state index contributed by atoms with van der Waals surface area (Å²) in [5, 5.41) is 11.8. The van der Waals surface area contributed by atoms with Crippen molar-refractivity contribution in [1.29, 1.82) is 0 Å². The fourth-order valence-corrected chi connectivity index (χ4v) is 2.36. The second kappa shape index (κ2) is 7.63. The van der Waals surface area contributed by atoms with Crippen LogP contribution in [0.3, 0.4) is 0 Å². The average molecular weight is 337 g/mol. The van der Waals surface area contributed by atoms with Crippen LogP contribution < -0.4 is 5.32 Å². The molecule has 0 fully saturated rings. The Morgan fingerprint density at radius 1 is 1.04 bits per heavy atom. The molecule has 25 heavy (non-hydrogen) atoms. The number of anilines is 1. The van der Waals surface area contributed by atoms with Crippen molar-refractivity contribution in [2.45, 2.75) is 13.0 Å². The topological polar surface area (TPSA) is 75.1 Å². The third-order valence-electron chi connectivity index (χ3n) is 3.60. The Balaban J connectivity index is 1.66. The van der Waals surface area contributed by atoms with Crippen molar-refractivity contribution in [2.24, 2.45) is 0 Å². The van der Waals surface area contributed by atoms with Gasteiger partial charge < -0.3 is 10.4 Å². The van der Waals surface area contributed by atoms with Crippen LogP contribution in [0.2, 0.25) is 0 Å². The normalized spacial score (nSPS) is 10.5. The van der Waals surface area contributed by atoms with Crippen molar-refractivity contribution >= 4 is 11.7 Å². The van der Waals surface area contributed by atoms with E-state index in [4.69, 9.17) is 5.11 Å². The van der Waals surface area contributed by atoms with Crippen molar-refractivity contribution in [1.82, 2.24) is 9.97 Å². The molecule has 0 aliphatic heterocycles. The summed E-state index contributed by atoms with van der Waals surface area (Å²) in [7, 11) is 0. The van der Waals surface area contributed by atoms with E-state index in [-0.39, 0.29) is 18.1 Å². The number of amides is 1. The van der Waals surface area contributed by atoms with Crippen LogP contribution in [0.25, 0.3) is 0 Å². The molecule has 0 bridgehead atoms. The van der Waals surface area contributed by atoms with Crippen LogP contribution in [0.4, 0.5) is 10.2 Å². The fourth-order valence-electron chi connectivity index (χ4n) is 2.36. The van der Waals surface area contributed by atoms with Gasteiger partial charge in [-0.15, -0.1) is 0 Å². The highest BCUT2D eigenvalue weighted by Gasteiger charge is 2.09. The number of halogens is 1. The molecule has 0 aliphatic rings. The summed E-state index contributed by atoms with van der Waals surface area (Å²) in [6.45, 7) is -0.157. The molecule has 2 aromatic heterocycles. The number of aromatic nitrogens is 2. The van der Waals surface area contributed by atoms with Gasteiger partial charge in [-0.25, -0.2) is 9.37 Å². The molecule has 2 N–H and O–H groups in total. The molecule has 1 aromatic carbocycles. The third-order valence-corrected chi connectivity index (χ3v) is 3.60. The van der Waals surface area contributed by atoms with Crippen molar-refractivity contribution in [3.63, 3.8) is 0 Å². The zero-order chi connectivity index (χ0) is 17.6. The molecule has 2 heterocycles. The van der Waals surface area contributed by atoms with E-state index in [1.807, 2.05) is 12.1 Å². The van der Waals surface area contributed by atoms with Gasteiger partial charge in [-0.3, -0.25) is 9.78 Å². The molecular formula is C19H16FN3O2. The molecule has 0 unspecified atom stereocenters. The maximum atomic E-state index is 13.2. The lowest BCUT2D eigenvalue weighted by atomic mass is 10.1. The molecule has 0 atom stereocenters. The van der Waals surface area contributed by atoms with Gasteiger partial charge in [-0.2, -0.15) is 0 Å². The summed E-state index contributed by atoms with van der Waals surface area (Å²) >= 11 is 0. The van der Waals surface area contributed by atoms with E-state index in [9.17, 15) is 9.18 Å². The zero-order valence-electron chi connectivity index (χ0n) is 13.3. The van der Waals surface area contributed by atoms with Crippen LogP contribution in [0, 0.1) is 5.82 Å². The van der Waals surface area contributed by atoms with Gasteiger partial charge in [0.1, 0.15) is 17.3 Å². The van der Waals surface area contributed by atoms with Crippen molar-refractivity contribution < 1.29 is 14.3 Å². The third kappa shape index (κ3) is 4.45. The van der Waals surface area contributed by atoms with E-state index >= 15 is 0 Å². The molecule has 0 saturated heterocycles. The predicted octanol–water partition coefficient (Wildman–Crippen LogP) is 2.95. The smallest absolute Gasteiger partial charge is 0.275 e. The molecule has 126 valence electrons. The largest absolute Gasteiger partial charge is 0.392 e. The SMILES string of the molecule is O=C(Nc1ccc(Cc2cccc(F)c2)cn1)c1cc(CO)ccn1. The van der Waals surface area contributed by atoms with Gasteiger partial charge in [0.25, 0.3) is 5.91 Å². The van der Waals surface area contributed by atoms with E-state index in [0.29, 0.717) is 17.8 Å². The number of aliphatic hydroxyl groups excluding tert-OH is 1. The summed E-state index contributed by atoms with van der Waals surface area (Å²) in [5.74, 6) is -0.281. The van der Waals surface area contributed by atoms with E-state index in [1.54, 1.807) is 24.4 Å². The summed E-state index contributed by atoms with van der Waals surface area (Å²) in [4.78, 5) is 20.3. The highest BCUT2D eigenvalue weighted by atomic mass is 19.1. The first-order valence-corrected chi connectivity index (χ1v) is 7.70. The Kier molecular flexibility index (Phi) is 5.11. The number of hydrogen-bond donors (Lipinski definition) is 2. The van der Waals surface area contributed by atoms with Gasteiger partial charge in [0.05, 0.1) is 6.61 Å². The van der Waals surface area contributed by atoms with Crippen molar-refractivity contribution in [3.8, 4) is 0 Å². The van der Waals surface area contributed by atoms with Crippen LogP contribution in [0.1, 0.15) is 27.2 Å². The Morgan fingerprint density at radius 2 is 1.92 bits per heavy atom. The van der Waals surface area contributed by atoms with Crippen LogP contribution >= 0.6 is 0 Å². The highest BCUT2D eigenvalue weighted by molar-refractivity contribution is 6.02. The van der Waals surface area contributed by atoms with Gasteiger partial charge in [0.15, 0.2) is 0 Å². The Hall–Kier alpha value is -3.12. The van der Waals surface area contributed by atoms with E-state index in [0.717, 1.165) is 11.1 Å². The number of pyridine rings is 2.